The monoisotopic (exact) mass is 210 g/mol. The van der Waals surface area contributed by atoms with Gasteiger partial charge in [-0.3, -0.25) is 0 Å². The fraction of sp³-hybridized carbons (Fsp3) is 0.538. The van der Waals surface area contributed by atoms with Crippen LogP contribution in [-0.2, 0) is 18.8 Å². The molecule has 1 aliphatic carbocycles. The van der Waals surface area contributed by atoms with Crippen molar-refractivity contribution in [3.05, 3.63) is 34.9 Å². The zero-order chi connectivity index (χ0) is 10.9. The van der Waals surface area contributed by atoms with E-state index in [9.17, 15) is 8.78 Å². The Morgan fingerprint density at radius 2 is 1.80 bits per heavy atom. The molecule has 0 saturated carbocycles. The summed E-state index contributed by atoms with van der Waals surface area (Å²) >= 11 is 0. The van der Waals surface area contributed by atoms with Crippen molar-refractivity contribution in [2.24, 2.45) is 0 Å². The zero-order valence-corrected chi connectivity index (χ0v) is 9.02. The van der Waals surface area contributed by atoms with Crippen LogP contribution in [0.3, 0.4) is 0 Å². The van der Waals surface area contributed by atoms with Gasteiger partial charge in [0.05, 0.1) is 0 Å². The van der Waals surface area contributed by atoms with Crippen molar-refractivity contribution >= 4 is 0 Å². The maximum absolute atomic E-state index is 13.5. The lowest BCUT2D eigenvalue weighted by Gasteiger charge is -2.20. The Kier molecular flexibility index (Phi) is 2.76. The van der Waals surface area contributed by atoms with Gasteiger partial charge in [-0.25, -0.2) is 8.78 Å². The van der Waals surface area contributed by atoms with Crippen LogP contribution in [0.2, 0.25) is 0 Å². The highest BCUT2D eigenvalue weighted by Gasteiger charge is 2.29. The smallest absolute Gasteiger partial charge is 0.201 e. The summed E-state index contributed by atoms with van der Waals surface area (Å²) < 4.78 is 26.9. The number of fused-ring (bicyclic) bond motifs is 1. The van der Waals surface area contributed by atoms with Gasteiger partial charge in [-0.05, 0) is 42.9 Å². The fourth-order valence-electron chi connectivity index (χ4n) is 2.17. The van der Waals surface area contributed by atoms with Gasteiger partial charge >= 0.3 is 0 Å². The van der Waals surface area contributed by atoms with Crippen molar-refractivity contribution in [2.45, 2.75) is 45.0 Å². The van der Waals surface area contributed by atoms with Gasteiger partial charge in [0, 0.05) is 12.0 Å². The summed E-state index contributed by atoms with van der Waals surface area (Å²) in [4.78, 5) is 0. The summed E-state index contributed by atoms with van der Waals surface area (Å²) in [6, 6.07) is 5.18. The first-order valence-corrected chi connectivity index (χ1v) is 5.63. The van der Waals surface area contributed by atoms with E-state index in [1.807, 2.05) is 6.07 Å². The molecule has 0 spiro atoms. The first-order chi connectivity index (χ1) is 7.13. The minimum absolute atomic E-state index is 0.119. The zero-order valence-electron chi connectivity index (χ0n) is 9.02. The Balaban J connectivity index is 2.36. The molecule has 0 fully saturated rings. The van der Waals surface area contributed by atoms with Crippen LogP contribution in [0.4, 0.5) is 8.78 Å². The topological polar surface area (TPSA) is 0 Å². The molecule has 0 bridgehead atoms. The van der Waals surface area contributed by atoms with Crippen LogP contribution in [-0.4, -0.2) is 0 Å². The normalized spacial score (nSPS) is 16.2. The second kappa shape index (κ2) is 3.92. The van der Waals surface area contributed by atoms with Gasteiger partial charge in [0.1, 0.15) is 0 Å². The molecule has 1 aromatic carbocycles. The molecule has 0 unspecified atom stereocenters. The maximum Gasteiger partial charge on any atom is 0.273 e. The van der Waals surface area contributed by atoms with E-state index in [0.717, 1.165) is 24.8 Å². The number of hydrogen-bond donors (Lipinski definition) is 0. The minimum Gasteiger partial charge on any atom is -0.201 e. The third kappa shape index (κ3) is 2.04. The van der Waals surface area contributed by atoms with Gasteiger partial charge in [-0.2, -0.15) is 0 Å². The molecule has 82 valence electrons. The maximum atomic E-state index is 13.5. The van der Waals surface area contributed by atoms with Gasteiger partial charge < -0.3 is 0 Å². The predicted molar refractivity (Wildman–Crippen MR) is 57.3 cm³/mol. The van der Waals surface area contributed by atoms with E-state index in [0.29, 0.717) is 0 Å². The molecule has 2 rings (SSSR count). The van der Waals surface area contributed by atoms with E-state index in [4.69, 9.17) is 0 Å². The van der Waals surface area contributed by atoms with Crippen LogP contribution >= 0.6 is 0 Å². The van der Waals surface area contributed by atoms with Crippen LogP contribution in [0.15, 0.2) is 18.2 Å². The highest BCUT2D eigenvalue weighted by atomic mass is 19.3. The van der Waals surface area contributed by atoms with Crippen LogP contribution in [0.5, 0.6) is 0 Å². The quantitative estimate of drug-likeness (QED) is 0.690. The molecule has 0 nitrogen and oxygen atoms in total. The average Bonchev–Trinajstić information content (AvgIpc) is 2.28. The van der Waals surface area contributed by atoms with E-state index in [1.165, 1.54) is 18.9 Å². The van der Waals surface area contributed by atoms with Crippen LogP contribution in [0.1, 0.15) is 42.9 Å². The lowest BCUT2D eigenvalue weighted by molar-refractivity contribution is -0.00838. The van der Waals surface area contributed by atoms with Crippen molar-refractivity contribution in [1.82, 2.24) is 0 Å². The molecule has 0 amide bonds. The molecular weight excluding hydrogens is 194 g/mol. The molecule has 2 heteroatoms. The highest BCUT2D eigenvalue weighted by molar-refractivity contribution is 5.35. The molecule has 0 heterocycles. The molecule has 0 aliphatic heterocycles. The van der Waals surface area contributed by atoms with E-state index >= 15 is 0 Å². The average molecular weight is 210 g/mol. The second-order valence-corrected chi connectivity index (χ2v) is 4.25. The lowest BCUT2D eigenvalue weighted by Crippen LogP contribution is -2.13. The first kappa shape index (κ1) is 10.6. The first-order valence-electron chi connectivity index (χ1n) is 5.63. The highest BCUT2D eigenvalue weighted by Crippen LogP contribution is 2.33. The van der Waals surface area contributed by atoms with Gasteiger partial charge in [0.25, 0.3) is 5.92 Å². The third-order valence-corrected chi connectivity index (χ3v) is 3.21. The van der Waals surface area contributed by atoms with Crippen LogP contribution in [0.25, 0.3) is 0 Å². The molecule has 0 radical (unpaired) electrons. The molecule has 0 saturated heterocycles. The van der Waals surface area contributed by atoms with E-state index < -0.39 is 5.92 Å². The minimum atomic E-state index is -2.66. The predicted octanol–water partition coefficient (Wildman–Crippen LogP) is 4.07. The second-order valence-electron chi connectivity index (χ2n) is 4.25. The number of halogens is 2. The summed E-state index contributed by atoms with van der Waals surface area (Å²) in [5.74, 6) is -2.66. The van der Waals surface area contributed by atoms with Crippen LogP contribution in [0, 0.1) is 0 Å². The molecule has 1 aromatic rings. The summed E-state index contributed by atoms with van der Waals surface area (Å²) in [6.07, 6.45) is 4.22. The van der Waals surface area contributed by atoms with Gasteiger partial charge in [-0.15, -0.1) is 0 Å². The SMILES string of the molecule is CCC(F)(F)c1ccc2c(c1)CCCC2. The lowest BCUT2D eigenvalue weighted by atomic mass is 9.89. The number of alkyl halides is 2. The number of rotatable bonds is 2. The summed E-state index contributed by atoms with van der Waals surface area (Å²) in [7, 11) is 0. The van der Waals surface area contributed by atoms with Gasteiger partial charge in [-0.1, -0.05) is 19.1 Å². The largest absolute Gasteiger partial charge is 0.273 e. The summed E-state index contributed by atoms with van der Waals surface area (Å²) in [6.45, 7) is 1.53. The molecule has 15 heavy (non-hydrogen) atoms. The van der Waals surface area contributed by atoms with Gasteiger partial charge in [0.15, 0.2) is 0 Å². The Bertz CT molecular complexity index is 356. The van der Waals surface area contributed by atoms with Crippen LogP contribution < -0.4 is 0 Å². The Morgan fingerprint density at radius 3 is 2.47 bits per heavy atom. The van der Waals surface area contributed by atoms with Crippen molar-refractivity contribution in [2.75, 3.05) is 0 Å². The molecule has 0 aromatic heterocycles. The van der Waals surface area contributed by atoms with E-state index in [1.54, 1.807) is 12.1 Å². The standard InChI is InChI=1S/C13H16F2/c1-2-13(14,15)12-8-7-10-5-3-4-6-11(10)9-12/h7-9H,2-6H2,1H3. The fourth-order valence-corrected chi connectivity index (χ4v) is 2.17. The van der Waals surface area contributed by atoms with E-state index in [-0.39, 0.29) is 12.0 Å². The van der Waals surface area contributed by atoms with Crippen molar-refractivity contribution in [3.63, 3.8) is 0 Å². The van der Waals surface area contributed by atoms with Gasteiger partial charge in [0.2, 0.25) is 0 Å². The summed E-state index contributed by atoms with van der Waals surface area (Å²) in [5, 5.41) is 0. The molecule has 0 atom stereocenters. The molecule has 0 N–H and O–H groups in total. The molecule has 1 aliphatic rings. The summed E-state index contributed by atoms with van der Waals surface area (Å²) in [5.41, 5.74) is 2.58. The van der Waals surface area contributed by atoms with Crippen molar-refractivity contribution in [3.8, 4) is 0 Å². The van der Waals surface area contributed by atoms with E-state index in [2.05, 4.69) is 0 Å². The number of hydrogen-bond acceptors (Lipinski definition) is 0. The number of benzene rings is 1. The Labute approximate surface area is 89.3 Å². The Hall–Kier alpha value is -0.920. The third-order valence-electron chi connectivity index (χ3n) is 3.21. The Morgan fingerprint density at radius 1 is 1.13 bits per heavy atom. The number of aryl methyl sites for hydroxylation is 2. The van der Waals surface area contributed by atoms with Crippen molar-refractivity contribution in [1.29, 1.82) is 0 Å². The van der Waals surface area contributed by atoms with Crippen molar-refractivity contribution < 1.29 is 8.78 Å². The molecular formula is C13H16F2.